The van der Waals surface area contributed by atoms with Crippen LogP contribution in [0.15, 0.2) is 60.5 Å². The topological polar surface area (TPSA) is 64.2 Å². The number of aromatic nitrogens is 4. The normalized spacial score (nSPS) is 12.4. The summed E-state index contributed by atoms with van der Waals surface area (Å²) in [4.78, 5) is 17.8. The molecule has 6 nitrogen and oxygen atoms in total. The molecule has 0 radical (unpaired) electrons. The lowest BCUT2D eigenvalue weighted by Crippen LogP contribution is -2.23. The smallest absolute Gasteiger partial charge is 0.248 e. The maximum atomic E-state index is 12.3. The van der Waals surface area contributed by atoms with Gasteiger partial charge in [-0.1, -0.05) is 12.1 Å². The summed E-state index contributed by atoms with van der Waals surface area (Å²) in [7, 11) is 0. The molecule has 0 aliphatic carbocycles. The standard InChI is InChI=1S/C17H15N5OS/c1-12(22-8-2-7-18-22)16(23)19-14-5-3-13(4-6-14)15-11-21-9-10-24-17(21)20-15/h2-12H,1H3,(H,19,23). The van der Waals surface area contributed by atoms with Crippen molar-refractivity contribution in [3.05, 3.63) is 60.5 Å². The Balaban J connectivity index is 1.49. The Morgan fingerprint density at radius 3 is 2.79 bits per heavy atom. The second kappa shape index (κ2) is 5.93. The number of anilines is 1. The van der Waals surface area contributed by atoms with Crippen molar-refractivity contribution in [2.75, 3.05) is 5.32 Å². The fourth-order valence-electron chi connectivity index (χ4n) is 2.47. The number of carbonyl (C=O) groups is 1. The van der Waals surface area contributed by atoms with Gasteiger partial charge >= 0.3 is 0 Å². The molecule has 1 aromatic carbocycles. The van der Waals surface area contributed by atoms with Gasteiger partial charge in [0.2, 0.25) is 5.91 Å². The van der Waals surface area contributed by atoms with Crippen LogP contribution < -0.4 is 5.32 Å². The summed E-state index contributed by atoms with van der Waals surface area (Å²) in [5, 5.41) is 9.01. The van der Waals surface area contributed by atoms with Crippen molar-refractivity contribution in [1.29, 1.82) is 0 Å². The molecule has 3 aromatic heterocycles. The van der Waals surface area contributed by atoms with Gasteiger partial charge in [-0.2, -0.15) is 5.10 Å². The molecule has 0 fully saturated rings. The first kappa shape index (κ1) is 14.6. The number of rotatable bonds is 4. The molecule has 0 spiro atoms. The first-order valence-corrected chi connectivity index (χ1v) is 8.41. The summed E-state index contributed by atoms with van der Waals surface area (Å²) in [6, 6.07) is 9.13. The highest BCUT2D eigenvalue weighted by Gasteiger charge is 2.15. The molecule has 0 saturated heterocycles. The third-order valence-corrected chi connectivity index (χ3v) is 4.61. The minimum Gasteiger partial charge on any atom is -0.324 e. The molecule has 4 rings (SSSR count). The minimum atomic E-state index is -0.361. The predicted octanol–water partition coefficient (Wildman–Crippen LogP) is 3.46. The molecule has 0 saturated carbocycles. The van der Waals surface area contributed by atoms with E-state index in [9.17, 15) is 4.79 Å². The summed E-state index contributed by atoms with van der Waals surface area (Å²) in [6.07, 6.45) is 7.42. The largest absolute Gasteiger partial charge is 0.324 e. The van der Waals surface area contributed by atoms with Gasteiger partial charge in [-0.25, -0.2) is 4.98 Å². The molecule has 0 aliphatic rings. The fraction of sp³-hybridized carbons (Fsp3) is 0.118. The van der Waals surface area contributed by atoms with Crippen molar-refractivity contribution in [3.8, 4) is 11.3 Å². The SMILES string of the molecule is CC(C(=O)Nc1ccc(-c2cn3ccsc3n2)cc1)n1cccn1. The second-order valence-electron chi connectivity index (χ2n) is 5.45. The van der Waals surface area contributed by atoms with E-state index in [1.807, 2.05) is 53.4 Å². The van der Waals surface area contributed by atoms with Gasteiger partial charge in [0, 0.05) is 41.4 Å². The predicted molar refractivity (Wildman–Crippen MR) is 94.1 cm³/mol. The average Bonchev–Trinajstić information content (AvgIpc) is 3.31. The average molecular weight is 337 g/mol. The van der Waals surface area contributed by atoms with Gasteiger partial charge in [-0.3, -0.25) is 13.9 Å². The van der Waals surface area contributed by atoms with Crippen LogP contribution >= 0.6 is 11.3 Å². The zero-order valence-corrected chi connectivity index (χ0v) is 13.8. The van der Waals surface area contributed by atoms with Gasteiger partial charge < -0.3 is 5.32 Å². The fourth-order valence-corrected chi connectivity index (χ4v) is 3.17. The highest BCUT2D eigenvalue weighted by atomic mass is 32.1. The van der Waals surface area contributed by atoms with Crippen LogP contribution in [0, 0.1) is 0 Å². The van der Waals surface area contributed by atoms with Crippen LogP contribution in [-0.4, -0.2) is 25.1 Å². The Kier molecular flexibility index (Phi) is 3.62. The maximum absolute atomic E-state index is 12.3. The number of carbonyl (C=O) groups excluding carboxylic acids is 1. The third-order valence-electron chi connectivity index (χ3n) is 3.84. The zero-order chi connectivity index (χ0) is 16.5. The Morgan fingerprint density at radius 2 is 2.08 bits per heavy atom. The molecule has 7 heteroatoms. The van der Waals surface area contributed by atoms with Gasteiger partial charge in [0.15, 0.2) is 4.96 Å². The van der Waals surface area contributed by atoms with E-state index in [4.69, 9.17) is 0 Å². The summed E-state index contributed by atoms with van der Waals surface area (Å²) in [6.45, 7) is 1.81. The molecule has 0 aliphatic heterocycles. The highest BCUT2D eigenvalue weighted by molar-refractivity contribution is 7.15. The van der Waals surface area contributed by atoms with E-state index in [0.29, 0.717) is 0 Å². The van der Waals surface area contributed by atoms with Crippen molar-refractivity contribution in [2.24, 2.45) is 0 Å². The minimum absolute atomic E-state index is 0.103. The van der Waals surface area contributed by atoms with E-state index in [0.717, 1.165) is 21.9 Å². The molecule has 0 bridgehead atoms. The quantitative estimate of drug-likeness (QED) is 0.620. The monoisotopic (exact) mass is 337 g/mol. The lowest BCUT2D eigenvalue weighted by Gasteiger charge is -2.12. The third kappa shape index (κ3) is 2.69. The van der Waals surface area contributed by atoms with Crippen LogP contribution in [-0.2, 0) is 4.79 Å². The lowest BCUT2D eigenvalue weighted by molar-refractivity contribution is -0.119. The number of hydrogen-bond acceptors (Lipinski definition) is 4. The molecule has 1 atom stereocenters. The van der Waals surface area contributed by atoms with E-state index in [1.165, 1.54) is 0 Å². The van der Waals surface area contributed by atoms with Gasteiger partial charge in [0.25, 0.3) is 0 Å². The van der Waals surface area contributed by atoms with E-state index >= 15 is 0 Å². The Morgan fingerprint density at radius 1 is 1.25 bits per heavy atom. The number of amides is 1. The number of imidazole rings is 1. The number of nitrogens with zero attached hydrogens (tertiary/aromatic N) is 4. The van der Waals surface area contributed by atoms with Crippen LogP contribution in [0.1, 0.15) is 13.0 Å². The van der Waals surface area contributed by atoms with Crippen LogP contribution in [0.4, 0.5) is 5.69 Å². The molecule has 24 heavy (non-hydrogen) atoms. The second-order valence-corrected chi connectivity index (χ2v) is 6.32. The molecule has 1 amide bonds. The Bertz CT molecular complexity index is 940. The highest BCUT2D eigenvalue weighted by Crippen LogP contribution is 2.23. The van der Waals surface area contributed by atoms with E-state index in [1.54, 1.807) is 34.5 Å². The summed E-state index contributed by atoms with van der Waals surface area (Å²) >= 11 is 1.60. The molecule has 1 unspecified atom stereocenters. The van der Waals surface area contributed by atoms with Crippen LogP contribution in [0.5, 0.6) is 0 Å². The summed E-state index contributed by atoms with van der Waals surface area (Å²) < 4.78 is 3.63. The molecule has 1 N–H and O–H groups in total. The number of fused-ring (bicyclic) bond motifs is 1. The van der Waals surface area contributed by atoms with Crippen molar-refractivity contribution >= 4 is 27.9 Å². The van der Waals surface area contributed by atoms with Crippen molar-refractivity contribution in [2.45, 2.75) is 13.0 Å². The first-order chi connectivity index (χ1) is 11.7. The van der Waals surface area contributed by atoms with Crippen LogP contribution in [0.3, 0.4) is 0 Å². The van der Waals surface area contributed by atoms with Gasteiger partial charge in [0.1, 0.15) is 6.04 Å². The Labute approximate surface area is 142 Å². The number of nitrogens with one attached hydrogen (secondary N) is 1. The lowest BCUT2D eigenvalue weighted by atomic mass is 10.1. The molecule has 120 valence electrons. The number of benzene rings is 1. The molecule has 4 aromatic rings. The zero-order valence-electron chi connectivity index (χ0n) is 13.0. The number of hydrogen-bond donors (Lipinski definition) is 1. The van der Waals surface area contributed by atoms with Gasteiger partial charge in [-0.05, 0) is 25.1 Å². The molecular formula is C17H15N5OS. The maximum Gasteiger partial charge on any atom is 0.248 e. The van der Waals surface area contributed by atoms with E-state index < -0.39 is 0 Å². The molecular weight excluding hydrogens is 322 g/mol. The molecule has 3 heterocycles. The van der Waals surface area contributed by atoms with Gasteiger partial charge in [-0.15, -0.1) is 11.3 Å². The first-order valence-electron chi connectivity index (χ1n) is 7.53. The van der Waals surface area contributed by atoms with Gasteiger partial charge in [0.05, 0.1) is 5.69 Å². The van der Waals surface area contributed by atoms with Crippen molar-refractivity contribution in [3.63, 3.8) is 0 Å². The van der Waals surface area contributed by atoms with Crippen LogP contribution in [0.25, 0.3) is 16.2 Å². The summed E-state index contributed by atoms with van der Waals surface area (Å²) in [5.74, 6) is -0.103. The van der Waals surface area contributed by atoms with E-state index in [-0.39, 0.29) is 11.9 Å². The summed E-state index contributed by atoms with van der Waals surface area (Å²) in [5.41, 5.74) is 2.69. The van der Waals surface area contributed by atoms with Crippen molar-refractivity contribution < 1.29 is 4.79 Å². The number of thiazole rings is 1. The van der Waals surface area contributed by atoms with Crippen molar-refractivity contribution in [1.82, 2.24) is 19.2 Å². The Hall–Kier alpha value is -2.93. The van der Waals surface area contributed by atoms with Crippen LogP contribution in [0.2, 0.25) is 0 Å². The van der Waals surface area contributed by atoms with E-state index in [2.05, 4.69) is 15.4 Å².